The van der Waals surface area contributed by atoms with Crippen LogP contribution in [0.1, 0.15) is 5.56 Å². The number of anilines is 1. The minimum absolute atomic E-state index is 0.0561. The molecule has 1 N–H and O–H groups in total. The lowest BCUT2D eigenvalue weighted by molar-refractivity contribution is -0.113. The van der Waals surface area contributed by atoms with Gasteiger partial charge in [0.2, 0.25) is 11.7 Å². The van der Waals surface area contributed by atoms with Gasteiger partial charge in [0.1, 0.15) is 5.82 Å². The molecule has 1 amide bonds. The van der Waals surface area contributed by atoms with E-state index in [2.05, 4.69) is 15.5 Å². The summed E-state index contributed by atoms with van der Waals surface area (Å²) < 4.78 is 31.8. The van der Waals surface area contributed by atoms with Crippen molar-refractivity contribution in [2.75, 3.05) is 32.4 Å². The van der Waals surface area contributed by atoms with Gasteiger partial charge in [0.05, 0.1) is 27.1 Å². The van der Waals surface area contributed by atoms with Crippen molar-refractivity contribution in [1.82, 2.24) is 14.8 Å². The van der Waals surface area contributed by atoms with E-state index in [-0.39, 0.29) is 17.5 Å². The number of thioether (sulfide) groups is 1. The highest BCUT2D eigenvalue weighted by Gasteiger charge is 2.21. The molecular formula is C26H24ClFN4O4S. The molecule has 0 fully saturated rings. The highest BCUT2D eigenvalue weighted by atomic mass is 35.5. The standard InChI is InChI=1S/C26H24ClFN4O4S/c1-15-19(27)6-5-7-20(15)29-23(33)14-37-26-31-30-25(32(26)18-10-8-17(28)9-11-18)16-12-21(34-2)24(36-4)22(13-16)35-3/h5-13H,14H2,1-4H3,(H,29,33). The molecule has 0 aliphatic carbocycles. The fourth-order valence-electron chi connectivity index (χ4n) is 3.64. The Morgan fingerprint density at radius 1 is 1.03 bits per heavy atom. The second kappa shape index (κ2) is 11.5. The van der Waals surface area contributed by atoms with E-state index >= 15 is 0 Å². The lowest BCUT2D eigenvalue weighted by Crippen LogP contribution is -2.15. The van der Waals surface area contributed by atoms with Crippen LogP contribution in [0.5, 0.6) is 17.2 Å². The van der Waals surface area contributed by atoms with Gasteiger partial charge in [0, 0.05) is 22.0 Å². The van der Waals surface area contributed by atoms with Gasteiger partial charge in [0.25, 0.3) is 0 Å². The number of carbonyl (C=O) groups excluding carboxylic acids is 1. The molecule has 0 bridgehead atoms. The van der Waals surface area contributed by atoms with E-state index in [9.17, 15) is 9.18 Å². The van der Waals surface area contributed by atoms with Gasteiger partial charge in [-0.25, -0.2) is 4.39 Å². The van der Waals surface area contributed by atoms with Gasteiger partial charge in [-0.2, -0.15) is 0 Å². The number of aromatic nitrogens is 3. The summed E-state index contributed by atoms with van der Waals surface area (Å²) >= 11 is 7.35. The molecule has 4 rings (SSSR count). The van der Waals surface area contributed by atoms with Gasteiger partial charge in [-0.1, -0.05) is 29.4 Å². The average Bonchev–Trinajstić information content (AvgIpc) is 3.33. The van der Waals surface area contributed by atoms with Crippen LogP contribution in [0, 0.1) is 12.7 Å². The van der Waals surface area contributed by atoms with Crippen LogP contribution >= 0.6 is 23.4 Å². The highest BCUT2D eigenvalue weighted by Crippen LogP contribution is 2.41. The molecule has 4 aromatic rings. The molecule has 11 heteroatoms. The number of hydrogen-bond donors (Lipinski definition) is 1. The summed E-state index contributed by atoms with van der Waals surface area (Å²) in [5.74, 6) is 1.20. The fourth-order valence-corrected chi connectivity index (χ4v) is 4.57. The summed E-state index contributed by atoms with van der Waals surface area (Å²) in [4.78, 5) is 12.7. The van der Waals surface area contributed by atoms with Crippen molar-refractivity contribution < 1.29 is 23.4 Å². The Kier molecular flexibility index (Phi) is 8.20. The first-order valence-corrected chi connectivity index (χ1v) is 12.4. The van der Waals surface area contributed by atoms with Gasteiger partial charge in [0.15, 0.2) is 22.5 Å². The number of nitrogens with one attached hydrogen (secondary N) is 1. The Balaban J connectivity index is 1.70. The smallest absolute Gasteiger partial charge is 0.234 e. The zero-order valence-corrected chi connectivity index (χ0v) is 22.1. The van der Waals surface area contributed by atoms with Crippen molar-refractivity contribution in [1.29, 1.82) is 0 Å². The van der Waals surface area contributed by atoms with Gasteiger partial charge in [-0.3, -0.25) is 9.36 Å². The molecule has 1 aromatic heterocycles. The molecule has 0 saturated heterocycles. The van der Waals surface area contributed by atoms with Crippen LogP contribution in [0.4, 0.5) is 10.1 Å². The number of amides is 1. The number of benzene rings is 3. The van der Waals surface area contributed by atoms with Crippen LogP contribution < -0.4 is 19.5 Å². The molecule has 3 aromatic carbocycles. The van der Waals surface area contributed by atoms with E-state index in [1.165, 1.54) is 45.2 Å². The van der Waals surface area contributed by atoms with Gasteiger partial charge in [-0.15, -0.1) is 10.2 Å². The molecule has 0 aliphatic rings. The largest absolute Gasteiger partial charge is 0.493 e. The van der Waals surface area contributed by atoms with Gasteiger partial charge >= 0.3 is 0 Å². The Morgan fingerprint density at radius 3 is 2.32 bits per heavy atom. The monoisotopic (exact) mass is 542 g/mol. The lowest BCUT2D eigenvalue weighted by atomic mass is 10.1. The number of rotatable bonds is 9. The number of carbonyl (C=O) groups is 1. The maximum absolute atomic E-state index is 13.7. The van der Waals surface area contributed by atoms with Crippen LogP contribution in [0.15, 0.2) is 59.8 Å². The summed E-state index contributed by atoms with van der Waals surface area (Å²) in [7, 11) is 4.56. The maximum Gasteiger partial charge on any atom is 0.234 e. The Hall–Kier alpha value is -3.76. The van der Waals surface area contributed by atoms with E-state index in [4.69, 9.17) is 25.8 Å². The summed E-state index contributed by atoms with van der Waals surface area (Å²) in [5.41, 5.74) is 2.65. The third-order valence-corrected chi connectivity index (χ3v) is 6.85. The van der Waals surface area contributed by atoms with Crippen LogP contribution in [0.25, 0.3) is 17.1 Å². The first-order chi connectivity index (χ1) is 17.9. The predicted octanol–water partition coefficient (Wildman–Crippen LogP) is 5.79. The van der Waals surface area contributed by atoms with Crippen molar-refractivity contribution >= 4 is 35.0 Å². The van der Waals surface area contributed by atoms with Crippen molar-refractivity contribution in [2.45, 2.75) is 12.1 Å². The topological polar surface area (TPSA) is 87.5 Å². The number of nitrogens with zero attached hydrogens (tertiary/aromatic N) is 3. The number of methoxy groups -OCH3 is 3. The molecule has 0 unspecified atom stereocenters. The van der Waals surface area contributed by atoms with E-state index in [1.54, 1.807) is 47.0 Å². The molecule has 0 radical (unpaired) electrons. The number of hydrogen-bond acceptors (Lipinski definition) is 7. The average molecular weight is 543 g/mol. The van der Waals surface area contributed by atoms with Crippen LogP contribution in [0.2, 0.25) is 5.02 Å². The second-order valence-electron chi connectivity index (χ2n) is 7.78. The molecule has 37 heavy (non-hydrogen) atoms. The van der Waals surface area contributed by atoms with Crippen molar-refractivity contribution in [3.8, 4) is 34.3 Å². The summed E-state index contributed by atoms with van der Waals surface area (Å²) in [6.45, 7) is 1.83. The molecule has 192 valence electrons. The van der Waals surface area contributed by atoms with Crippen LogP contribution in [-0.2, 0) is 4.79 Å². The summed E-state index contributed by atoms with van der Waals surface area (Å²) in [6.07, 6.45) is 0. The summed E-state index contributed by atoms with van der Waals surface area (Å²) in [5, 5.41) is 12.6. The van der Waals surface area contributed by atoms with Gasteiger partial charge in [-0.05, 0) is 61.0 Å². The molecule has 0 saturated carbocycles. The number of ether oxygens (including phenoxy) is 3. The Labute approximate surface area is 222 Å². The maximum atomic E-state index is 13.7. The third kappa shape index (κ3) is 5.65. The van der Waals surface area contributed by atoms with E-state index < -0.39 is 0 Å². The normalized spacial score (nSPS) is 10.8. The van der Waals surface area contributed by atoms with Crippen LogP contribution in [0.3, 0.4) is 0 Å². The summed E-state index contributed by atoms with van der Waals surface area (Å²) in [6, 6.07) is 14.7. The van der Waals surface area contributed by atoms with E-state index in [0.717, 1.165) is 5.56 Å². The van der Waals surface area contributed by atoms with Crippen molar-refractivity contribution in [3.05, 3.63) is 71.0 Å². The van der Waals surface area contributed by atoms with Crippen LogP contribution in [-0.4, -0.2) is 47.8 Å². The second-order valence-corrected chi connectivity index (χ2v) is 9.13. The number of halogens is 2. The molecular weight excluding hydrogens is 519 g/mol. The molecule has 1 heterocycles. The lowest BCUT2D eigenvalue weighted by Gasteiger charge is -2.15. The fraction of sp³-hybridized carbons (Fsp3) is 0.192. The van der Waals surface area contributed by atoms with E-state index in [0.29, 0.717) is 50.2 Å². The Morgan fingerprint density at radius 2 is 1.70 bits per heavy atom. The zero-order valence-electron chi connectivity index (χ0n) is 20.5. The SMILES string of the molecule is COc1cc(-c2nnc(SCC(=O)Nc3cccc(Cl)c3C)n2-c2ccc(F)cc2)cc(OC)c1OC. The third-order valence-electron chi connectivity index (χ3n) is 5.52. The predicted molar refractivity (Wildman–Crippen MR) is 142 cm³/mol. The minimum atomic E-state index is -0.378. The quantitative estimate of drug-likeness (QED) is 0.268. The van der Waals surface area contributed by atoms with E-state index in [1.807, 2.05) is 6.92 Å². The zero-order chi connectivity index (χ0) is 26.5. The first kappa shape index (κ1) is 26.3. The minimum Gasteiger partial charge on any atom is -0.493 e. The van der Waals surface area contributed by atoms with Crippen molar-refractivity contribution in [3.63, 3.8) is 0 Å². The van der Waals surface area contributed by atoms with Crippen molar-refractivity contribution in [2.24, 2.45) is 0 Å². The molecule has 0 aliphatic heterocycles. The highest BCUT2D eigenvalue weighted by molar-refractivity contribution is 7.99. The van der Waals surface area contributed by atoms with Gasteiger partial charge < -0.3 is 19.5 Å². The molecule has 0 spiro atoms. The Bertz CT molecular complexity index is 1400. The molecule has 0 atom stereocenters. The molecule has 8 nitrogen and oxygen atoms in total. The first-order valence-electron chi connectivity index (χ1n) is 11.1.